The van der Waals surface area contributed by atoms with Crippen LogP contribution in [0, 0.1) is 5.92 Å². The van der Waals surface area contributed by atoms with Crippen LogP contribution in [-0.2, 0) is 11.3 Å². The Kier molecular flexibility index (Phi) is 6.30. The van der Waals surface area contributed by atoms with Gasteiger partial charge in [-0.15, -0.1) is 0 Å². The third kappa shape index (κ3) is 4.38. The highest BCUT2D eigenvalue weighted by molar-refractivity contribution is 9.10. The van der Waals surface area contributed by atoms with Crippen LogP contribution in [0.25, 0.3) is 0 Å². The molecule has 0 N–H and O–H groups in total. The number of rotatable bonds is 5. The molecule has 128 valence electrons. The van der Waals surface area contributed by atoms with Crippen LogP contribution in [0.3, 0.4) is 0 Å². The number of benzene rings is 1. The summed E-state index contributed by atoms with van der Waals surface area (Å²) in [7, 11) is 3.34. The maximum absolute atomic E-state index is 12.0. The van der Waals surface area contributed by atoms with E-state index in [4.69, 9.17) is 9.47 Å². The van der Waals surface area contributed by atoms with Gasteiger partial charge in [0.05, 0.1) is 18.7 Å². The topological polar surface area (TPSA) is 42.0 Å². The van der Waals surface area contributed by atoms with Crippen LogP contribution < -0.4 is 9.47 Å². The van der Waals surface area contributed by atoms with E-state index in [1.54, 1.807) is 14.2 Å². The minimum Gasteiger partial charge on any atom is -0.496 e. The van der Waals surface area contributed by atoms with Crippen LogP contribution in [0.2, 0.25) is 0 Å². The number of halogens is 1. The zero-order chi connectivity index (χ0) is 17.0. The van der Waals surface area contributed by atoms with Gasteiger partial charge in [-0.25, -0.2) is 0 Å². The van der Waals surface area contributed by atoms with Crippen LogP contribution in [-0.4, -0.2) is 56.1 Å². The Morgan fingerprint density at radius 2 is 1.74 bits per heavy atom. The number of carbonyl (C=O) groups excluding carboxylic acids is 1. The van der Waals surface area contributed by atoms with Crippen molar-refractivity contribution in [2.75, 3.05) is 40.4 Å². The molecule has 1 aliphatic heterocycles. The number of carbonyl (C=O) groups is 1. The lowest BCUT2D eigenvalue weighted by Crippen LogP contribution is -2.49. The number of ether oxygens (including phenoxy) is 2. The normalized spacial score (nSPS) is 15.8. The van der Waals surface area contributed by atoms with Crippen molar-refractivity contribution in [1.29, 1.82) is 0 Å². The number of hydrogen-bond donors (Lipinski definition) is 0. The highest BCUT2D eigenvalue weighted by atomic mass is 79.9. The molecule has 1 fully saturated rings. The van der Waals surface area contributed by atoms with E-state index in [-0.39, 0.29) is 11.8 Å². The Labute approximate surface area is 146 Å². The maximum Gasteiger partial charge on any atom is 0.225 e. The van der Waals surface area contributed by atoms with Crippen molar-refractivity contribution in [2.24, 2.45) is 5.92 Å². The van der Waals surface area contributed by atoms with Gasteiger partial charge in [-0.1, -0.05) is 13.8 Å². The number of hydrogen-bond acceptors (Lipinski definition) is 4. The molecule has 1 amide bonds. The molecule has 0 aliphatic carbocycles. The SMILES string of the molecule is COc1cc(CN2CCN(C(=O)C(C)C)CC2)c(OC)cc1Br. The molecule has 0 spiro atoms. The minimum absolute atomic E-state index is 0.0670. The molecule has 6 heteroatoms. The van der Waals surface area contributed by atoms with Gasteiger partial charge in [0.15, 0.2) is 0 Å². The summed E-state index contributed by atoms with van der Waals surface area (Å²) >= 11 is 3.48. The first-order valence-corrected chi connectivity index (χ1v) is 8.67. The zero-order valence-electron chi connectivity index (χ0n) is 14.3. The van der Waals surface area contributed by atoms with E-state index >= 15 is 0 Å². The van der Waals surface area contributed by atoms with Gasteiger partial charge >= 0.3 is 0 Å². The van der Waals surface area contributed by atoms with Crippen molar-refractivity contribution in [3.8, 4) is 11.5 Å². The molecule has 0 atom stereocenters. The van der Waals surface area contributed by atoms with Gasteiger partial charge in [0.1, 0.15) is 11.5 Å². The first kappa shape index (κ1) is 18.1. The molecular weight excluding hydrogens is 360 g/mol. The summed E-state index contributed by atoms with van der Waals surface area (Å²) in [6, 6.07) is 3.95. The molecule has 0 aromatic heterocycles. The summed E-state index contributed by atoms with van der Waals surface area (Å²) in [5, 5.41) is 0. The van der Waals surface area contributed by atoms with E-state index in [0.29, 0.717) is 0 Å². The van der Waals surface area contributed by atoms with Gasteiger partial charge < -0.3 is 14.4 Å². The van der Waals surface area contributed by atoms with Gasteiger partial charge in [0, 0.05) is 44.2 Å². The number of methoxy groups -OCH3 is 2. The molecule has 23 heavy (non-hydrogen) atoms. The fourth-order valence-electron chi connectivity index (χ4n) is 2.78. The highest BCUT2D eigenvalue weighted by Crippen LogP contribution is 2.33. The average Bonchev–Trinajstić information content (AvgIpc) is 2.55. The Bertz CT molecular complexity index is 555. The van der Waals surface area contributed by atoms with Crippen LogP contribution in [0.5, 0.6) is 11.5 Å². The number of nitrogens with zero attached hydrogens (tertiary/aromatic N) is 2. The Balaban J connectivity index is 2.02. The summed E-state index contributed by atoms with van der Waals surface area (Å²) in [6.07, 6.45) is 0. The predicted octanol–water partition coefficient (Wildman–Crippen LogP) is 2.77. The Morgan fingerprint density at radius 1 is 1.13 bits per heavy atom. The van der Waals surface area contributed by atoms with Crippen molar-refractivity contribution in [3.05, 3.63) is 22.2 Å². The van der Waals surface area contributed by atoms with Crippen molar-refractivity contribution in [1.82, 2.24) is 9.80 Å². The maximum atomic E-state index is 12.0. The van der Waals surface area contributed by atoms with Crippen molar-refractivity contribution in [2.45, 2.75) is 20.4 Å². The Hall–Kier alpha value is -1.27. The van der Waals surface area contributed by atoms with E-state index < -0.39 is 0 Å². The summed E-state index contributed by atoms with van der Waals surface area (Å²) in [5.41, 5.74) is 1.09. The second-order valence-electron chi connectivity index (χ2n) is 6.05. The fraction of sp³-hybridized carbons (Fsp3) is 0.588. The van der Waals surface area contributed by atoms with Crippen molar-refractivity contribution < 1.29 is 14.3 Å². The Morgan fingerprint density at radius 3 is 2.26 bits per heavy atom. The molecular formula is C17H25BrN2O3. The smallest absolute Gasteiger partial charge is 0.225 e. The summed E-state index contributed by atoms with van der Waals surface area (Å²) in [5.74, 6) is 1.96. The van der Waals surface area contributed by atoms with Gasteiger partial charge in [-0.2, -0.15) is 0 Å². The molecule has 1 aromatic rings. The average molecular weight is 385 g/mol. The van der Waals surface area contributed by atoms with Crippen LogP contribution in [0.15, 0.2) is 16.6 Å². The third-order valence-electron chi connectivity index (χ3n) is 4.13. The lowest BCUT2D eigenvalue weighted by atomic mass is 10.1. The summed E-state index contributed by atoms with van der Waals surface area (Å²) in [4.78, 5) is 16.4. The van der Waals surface area contributed by atoms with E-state index in [2.05, 4.69) is 20.8 Å². The molecule has 1 heterocycles. The first-order valence-electron chi connectivity index (χ1n) is 7.87. The standard InChI is InChI=1S/C17H25BrN2O3/c1-12(2)17(21)20-7-5-19(6-8-20)11-13-9-16(23-4)14(18)10-15(13)22-3/h9-10,12H,5-8,11H2,1-4H3. The first-order chi connectivity index (χ1) is 11.0. The van der Waals surface area contributed by atoms with Crippen LogP contribution in [0.1, 0.15) is 19.4 Å². The zero-order valence-corrected chi connectivity index (χ0v) is 15.9. The molecule has 0 saturated carbocycles. The van der Waals surface area contributed by atoms with Gasteiger partial charge in [0.2, 0.25) is 5.91 Å². The fourth-order valence-corrected chi connectivity index (χ4v) is 3.26. The van der Waals surface area contributed by atoms with Gasteiger partial charge in [-0.05, 0) is 28.1 Å². The lowest BCUT2D eigenvalue weighted by Gasteiger charge is -2.35. The summed E-state index contributed by atoms with van der Waals surface area (Å²) in [6.45, 7) is 8.01. The number of amides is 1. The quantitative estimate of drug-likeness (QED) is 0.782. The molecule has 1 saturated heterocycles. The van der Waals surface area contributed by atoms with Crippen LogP contribution in [0.4, 0.5) is 0 Å². The van der Waals surface area contributed by atoms with E-state index in [0.717, 1.165) is 54.3 Å². The molecule has 1 aliphatic rings. The monoisotopic (exact) mass is 384 g/mol. The largest absolute Gasteiger partial charge is 0.496 e. The highest BCUT2D eigenvalue weighted by Gasteiger charge is 2.23. The predicted molar refractivity (Wildman–Crippen MR) is 93.9 cm³/mol. The number of piperazine rings is 1. The van der Waals surface area contributed by atoms with Gasteiger partial charge in [0.25, 0.3) is 0 Å². The molecule has 0 radical (unpaired) electrons. The molecule has 1 aromatic carbocycles. The van der Waals surface area contributed by atoms with Crippen LogP contribution >= 0.6 is 15.9 Å². The molecule has 5 nitrogen and oxygen atoms in total. The van der Waals surface area contributed by atoms with E-state index in [9.17, 15) is 4.79 Å². The third-order valence-corrected chi connectivity index (χ3v) is 4.75. The molecule has 2 rings (SSSR count). The second-order valence-corrected chi connectivity index (χ2v) is 6.91. The summed E-state index contributed by atoms with van der Waals surface area (Å²) < 4.78 is 11.7. The van der Waals surface area contributed by atoms with Crippen molar-refractivity contribution >= 4 is 21.8 Å². The van der Waals surface area contributed by atoms with E-state index in [1.807, 2.05) is 30.9 Å². The molecule has 0 unspecified atom stereocenters. The van der Waals surface area contributed by atoms with Crippen molar-refractivity contribution in [3.63, 3.8) is 0 Å². The second kappa shape index (κ2) is 8.02. The minimum atomic E-state index is 0.0670. The lowest BCUT2D eigenvalue weighted by molar-refractivity contribution is -0.136. The van der Waals surface area contributed by atoms with E-state index in [1.165, 1.54) is 0 Å². The van der Waals surface area contributed by atoms with Gasteiger partial charge in [-0.3, -0.25) is 9.69 Å². The molecule has 0 bridgehead atoms.